The first-order valence-corrected chi connectivity index (χ1v) is 10.3. The second-order valence-electron chi connectivity index (χ2n) is 8.52. The Hall–Kier alpha value is -3.42. The van der Waals surface area contributed by atoms with Gasteiger partial charge in [0.2, 0.25) is 11.8 Å². The van der Waals surface area contributed by atoms with Gasteiger partial charge < -0.3 is 5.32 Å². The number of anilines is 2. The molecule has 4 atom stereocenters. The van der Waals surface area contributed by atoms with Crippen LogP contribution in [-0.2, 0) is 15.8 Å². The first-order valence-electron chi connectivity index (χ1n) is 10.3. The highest BCUT2D eigenvalue weighted by molar-refractivity contribution is 6.23. The lowest BCUT2D eigenvalue weighted by Crippen LogP contribution is -2.33. The lowest BCUT2D eigenvalue weighted by atomic mass is 9.82. The smallest absolute Gasteiger partial charge is 0.321 e. The summed E-state index contributed by atoms with van der Waals surface area (Å²) in [7, 11) is 0. The van der Waals surface area contributed by atoms with Gasteiger partial charge in [0, 0.05) is 5.56 Å². The van der Waals surface area contributed by atoms with Gasteiger partial charge in [-0.1, -0.05) is 23.8 Å². The third-order valence-corrected chi connectivity index (χ3v) is 6.75. The highest BCUT2D eigenvalue weighted by Crippen LogP contribution is 2.55. The van der Waals surface area contributed by atoms with E-state index >= 15 is 0 Å². The number of carbonyl (C=O) groups is 3. The molecule has 2 fully saturated rings. The summed E-state index contributed by atoms with van der Waals surface area (Å²) in [5.74, 6) is -1.65. The van der Waals surface area contributed by atoms with Crippen molar-refractivity contribution in [1.29, 1.82) is 0 Å². The summed E-state index contributed by atoms with van der Waals surface area (Å²) in [4.78, 5) is 39.7. The number of halogens is 3. The zero-order valence-electron chi connectivity index (χ0n) is 17.0. The average molecular weight is 440 g/mol. The summed E-state index contributed by atoms with van der Waals surface area (Å²) in [6.45, 7) is 1.99. The quantitative estimate of drug-likeness (QED) is 0.558. The highest BCUT2D eigenvalue weighted by atomic mass is 19.4. The Kier molecular flexibility index (Phi) is 4.51. The van der Waals surface area contributed by atoms with Crippen molar-refractivity contribution in [1.82, 2.24) is 0 Å². The maximum atomic E-state index is 13.2. The number of carbonyl (C=O) groups excluding carboxylic acids is 3. The number of rotatable bonds is 3. The lowest BCUT2D eigenvalue weighted by molar-refractivity contribution is -0.137. The van der Waals surface area contributed by atoms with Crippen molar-refractivity contribution >= 4 is 29.1 Å². The van der Waals surface area contributed by atoms with Gasteiger partial charge >= 0.3 is 6.18 Å². The van der Waals surface area contributed by atoms with Crippen LogP contribution in [0.2, 0.25) is 0 Å². The van der Waals surface area contributed by atoms with Gasteiger partial charge in [0.1, 0.15) is 0 Å². The van der Waals surface area contributed by atoms with Crippen LogP contribution in [0.4, 0.5) is 24.5 Å². The molecule has 1 N–H and O–H groups in total. The molecule has 2 aromatic rings. The van der Waals surface area contributed by atoms with Crippen LogP contribution >= 0.6 is 0 Å². The summed E-state index contributed by atoms with van der Waals surface area (Å²) in [6, 6.07) is 10.5. The monoisotopic (exact) mass is 440 g/mol. The fourth-order valence-corrected chi connectivity index (χ4v) is 5.32. The summed E-state index contributed by atoms with van der Waals surface area (Å²) >= 11 is 0. The van der Waals surface area contributed by atoms with Gasteiger partial charge in [-0.25, -0.2) is 0 Å². The molecule has 1 saturated heterocycles. The molecule has 2 aliphatic carbocycles. The van der Waals surface area contributed by atoms with Crippen LogP contribution < -0.4 is 10.2 Å². The number of imide groups is 1. The van der Waals surface area contributed by atoms with Crippen molar-refractivity contribution in [3.63, 3.8) is 0 Å². The van der Waals surface area contributed by atoms with E-state index in [4.69, 9.17) is 0 Å². The van der Waals surface area contributed by atoms with Crippen molar-refractivity contribution in [2.75, 3.05) is 10.2 Å². The summed E-state index contributed by atoms with van der Waals surface area (Å²) in [5.41, 5.74) is 0.347. The Morgan fingerprint density at radius 2 is 1.66 bits per heavy atom. The van der Waals surface area contributed by atoms with Gasteiger partial charge in [-0.2, -0.15) is 13.2 Å². The molecule has 0 spiro atoms. The Morgan fingerprint density at radius 1 is 1.00 bits per heavy atom. The number of nitrogens with one attached hydrogen (secondary N) is 1. The Morgan fingerprint density at radius 3 is 2.34 bits per heavy atom. The number of benzene rings is 2. The molecule has 8 heteroatoms. The van der Waals surface area contributed by atoms with E-state index in [1.807, 2.05) is 6.92 Å². The fourth-order valence-electron chi connectivity index (χ4n) is 5.32. The number of para-hydroxylation sites is 1. The molecule has 1 heterocycles. The average Bonchev–Trinajstić information content (AvgIpc) is 3.38. The molecule has 2 aromatic carbocycles. The molecule has 164 valence electrons. The summed E-state index contributed by atoms with van der Waals surface area (Å²) < 4.78 is 39.5. The van der Waals surface area contributed by atoms with E-state index in [9.17, 15) is 27.6 Å². The van der Waals surface area contributed by atoms with Crippen molar-refractivity contribution in [3.05, 3.63) is 71.3 Å². The molecular weight excluding hydrogens is 421 g/mol. The molecule has 5 rings (SSSR count). The number of nitrogens with zero attached hydrogens (tertiary/aromatic N) is 1. The number of alkyl halides is 3. The fraction of sp³-hybridized carbons (Fsp3) is 0.292. The molecule has 32 heavy (non-hydrogen) atoms. The minimum absolute atomic E-state index is 0.0881. The Labute approximate surface area is 181 Å². The van der Waals surface area contributed by atoms with Gasteiger partial charge in [-0.05, 0) is 61.6 Å². The van der Waals surface area contributed by atoms with E-state index in [-0.39, 0.29) is 46.7 Å². The second kappa shape index (κ2) is 7.05. The van der Waals surface area contributed by atoms with Crippen LogP contribution in [0.25, 0.3) is 0 Å². The zero-order chi connectivity index (χ0) is 22.8. The van der Waals surface area contributed by atoms with E-state index in [1.165, 1.54) is 47.4 Å². The van der Waals surface area contributed by atoms with Gasteiger partial charge in [0.25, 0.3) is 5.91 Å². The van der Waals surface area contributed by atoms with Crippen LogP contribution in [0.5, 0.6) is 0 Å². The highest BCUT2D eigenvalue weighted by Gasteiger charge is 2.60. The van der Waals surface area contributed by atoms with Gasteiger partial charge in [0.15, 0.2) is 0 Å². The summed E-state index contributed by atoms with van der Waals surface area (Å²) in [6.07, 6.45) is -1.67. The van der Waals surface area contributed by atoms with Crippen LogP contribution in [0.1, 0.15) is 29.3 Å². The third kappa shape index (κ3) is 3.04. The predicted octanol–water partition coefficient (Wildman–Crippen LogP) is 4.66. The first kappa shape index (κ1) is 20.5. The molecule has 0 aromatic heterocycles. The minimum atomic E-state index is -4.60. The van der Waals surface area contributed by atoms with E-state index in [0.717, 1.165) is 18.1 Å². The predicted molar refractivity (Wildman–Crippen MR) is 111 cm³/mol. The van der Waals surface area contributed by atoms with Gasteiger partial charge in [0.05, 0.1) is 28.8 Å². The van der Waals surface area contributed by atoms with Crippen molar-refractivity contribution in [2.45, 2.75) is 19.5 Å². The summed E-state index contributed by atoms with van der Waals surface area (Å²) in [5, 5.41) is 2.28. The Bertz CT molecular complexity index is 1170. The molecule has 0 unspecified atom stereocenters. The topological polar surface area (TPSA) is 66.5 Å². The van der Waals surface area contributed by atoms with E-state index in [2.05, 4.69) is 11.4 Å². The van der Waals surface area contributed by atoms with Gasteiger partial charge in [-0.15, -0.1) is 0 Å². The SMILES string of the molecule is CC1=C[C@H]2C[C@H]1[C@@H]1C(=O)N(c3ccc(C(=O)Nc4ccccc4C(F)(F)F)cc3)C(=O)[C@H]12. The molecule has 0 radical (unpaired) electrons. The molecular formula is C24H19F3N2O3. The molecule has 3 amide bonds. The molecule has 5 nitrogen and oxygen atoms in total. The third-order valence-electron chi connectivity index (χ3n) is 6.75. The largest absolute Gasteiger partial charge is 0.418 e. The van der Waals surface area contributed by atoms with E-state index < -0.39 is 17.6 Å². The first-order chi connectivity index (χ1) is 15.2. The maximum Gasteiger partial charge on any atom is 0.418 e. The van der Waals surface area contributed by atoms with Crippen LogP contribution in [-0.4, -0.2) is 17.7 Å². The second-order valence-corrected chi connectivity index (χ2v) is 8.52. The normalized spacial score (nSPS) is 26.4. The maximum absolute atomic E-state index is 13.2. The van der Waals surface area contributed by atoms with Crippen molar-refractivity contribution in [2.24, 2.45) is 23.7 Å². The molecule has 3 aliphatic rings. The van der Waals surface area contributed by atoms with Crippen molar-refractivity contribution in [3.8, 4) is 0 Å². The standard InChI is InChI=1S/C24H19F3N2O3/c1-12-10-14-11-16(12)20-19(14)22(31)29(23(20)32)15-8-6-13(7-9-15)21(30)28-18-5-3-2-4-17(18)24(25,26)27/h2-10,14,16,19-20H,11H2,1H3,(H,28,30)/t14-,16+,19-,20-/m0/s1. The van der Waals surface area contributed by atoms with E-state index in [1.54, 1.807) is 0 Å². The number of allylic oxidation sites excluding steroid dienone is 2. The number of fused-ring (bicyclic) bond motifs is 5. The van der Waals surface area contributed by atoms with Crippen LogP contribution in [0.15, 0.2) is 60.2 Å². The van der Waals surface area contributed by atoms with Crippen LogP contribution in [0.3, 0.4) is 0 Å². The lowest BCUT2D eigenvalue weighted by Gasteiger charge is -2.19. The minimum Gasteiger partial charge on any atom is -0.321 e. The molecule has 1 saturated carbocycles. The van der Waals surface area contributed by atoms with Crippen molar-refractivity contribution < 1.29 is 27.6 Å². The van der Waals surface area contributed by atoms with Gasteiger partial charge in [-0.3, -0.25) is 19.3 Å². The zero-order valence-corrected chi connectivity index (χ0v) is 17.0. The number of amides is 3. The van der Waals surface area contributed by atoms with Crippen LogP contribution in [0, 0.1) is 23.7 Å². The number of hydrogen-bond acceptors (Lipinski definition) is 3. The van der Waals surface area contributed by atoms with E-state index in [0.29, 0.717) is 5.69 Å². The molecule has 1 aliphatic heterocycles. The Balaban J connectivity index is 1.35. The number of hydrogen-bond donors (Lipinski definition) is 1. The molecule has 2 bridgehead atoms.